The minimum absolute atomic E-state index is 0. The molecule has 0 heterocycles. The van der Waals surface area contributed by atoms with E-state index in [4.69, 9.17) is 0 Å². The molecule has 1 fully saturated rings. The molecule has 0 N–H and O–H groups in total. The van der Waals surface area contributed by atoms with Crippen LogP contribution in [0.15, 0.2) is 102 Å². The van der Waals surface area contributed by atoms with Crippen molar-refractivity contribution in [3.05, 3.63) is 124 Å². The fourth-order valence-corrected chi connectivity index (χ4v) is 9.21. The number of benzene rings is 2. The maximum atomic E-state index is 2.63. The van der Waals surface area contributed by atoms with Gasteiger partial charge in [-0.05, 0) is 34.7 Å². The zero-order valence-electron chi connectivity index (χ0n) is 30.4. The number of allylic oxidation sites excluding steroid dienone is 6. The van der Waals surface area contributed by atoms with Crippen LogP contribution in [0.4, 0.5) is 0 Å². The van der Waals surface area contributed by atoms with E-state index in [0.29, 0.717) is 29.6 Å². The zero-order chi connectivity index (χ0) is 32.8. The fourth-order valence-electron chi connectivity index (χ4n) is 9.21. The van der Waals surface area contributed by atoms with Crippen molar-refractivity contribution in [2.24, 2.45) is 40.4 Å². The Labute approximate surface area is 314 Å². The van der Waals surface area contributed by atoms with E-state index in [1.54, 1.807) is 52.4 Å². The van der Waals surface area contributed by atoms with Gasteiger partial charge in [-0.25, -0.2) is 12.0 Å². The van der Waals surface area contributed by atoms with Crippen molar-refractivity contribution in [2.45, 2.75) is 82.6 Å². The van der Waals surface area contributed by atoms with Gasteiger partial charge in [0.15, 0.2) is 0 Å². The minimum atomic E-state index is 0. The molecule has 3 heteroatoms. The van der Waals surface area contributed by atoms with Crippen molar-refractivity contribution in [3.63, 3.8) is 0 Å². The number of hydrogen-bond acceptors (Lipinski definition) is 0. The Kier molecular flexibility index (Phi) is 13.0. The van der Waals surface area contributed by atoms with Gasteiger partial charge in [0.05, 0.1) is 0 Å². The molecule has 7 unspecified atom stereocenters. The number of fused-ring (bicyclic) bond motifs is 6. The van der Waals surface area contributed by atoms with Crippen LogP contribution in [0.2, 0.25) is 0 Å². The first kappa shape index (κ1) is 39.6. The second kappa shape index (κ2) is 15.4. The minimum Gasteiger partial charge on any atom is -1.00 e. The zero-order valence-corrected chi connectivity index (χ0v) is 34.4. The van der Waals surface area contributed by atoms with E-state index >= 15 is 0 Å². The van der Waals surface area contributed by atoms with E-state index in [1.165, 1.54) is 31.0 Å². The van der Waals surface area contributed by atoms with E-state index in [2.05, 4.69) is 155 Å². The molecular formula is C44H54Cl2Zr-2. The third-order valence-corrected chi connectivity index (χ3v) is 12.5. The van der Waals surface area contributed by atoms with E-state index in [1.807, 2.05) is 6.07 Å². The summed E-state index contributed by atoms with van der Waals surface area (Å²) < 4.78 is 1.51. The van der Waals surface area contributed by atoms with Crippen LogP contribution in [-0.4, -0.2) is 3.21 Å². The second-order valence-corrected chi connectivity index (χ2v) is 17.5. The first-order chi connectivity index (χ1) is 21.2. The largest absolute Gasteiger partial charge is 1.00 e. The van der Waals surface area contributed by atoms with Crippen molar-refractivity contribution in [3.8, 4) is 11.1 Å². The van der Waals surface area contributed by atoms with Crippen molar-refractivity contribution in [2.75, 3.05) is 0 Å². The molecule has 3 aromatic carbocycles. The van der Waals surface area contributed by atoms with Crippen LogP contribution in [0.25, 0.3) is 16.7 Å². The van der Waals surface area contributed by atoms with E-state index in [9.17, 15) is 0 Å². The van der Waals surface area contributed by atoms with Gasteiger partial charge in [0, 0.05) is 5.41 Å². The molecule has 7 rings (SSSR count). The monoisotopic (exact) mass is 742 g/mol. The molecule has 0 amide bonds. The molecule has 4 aliphatic rings. The van der Waals surface area contributed by atoms with Crippen LogP contribution in [-0.2, 0) is 30.7 Å². The molecule has 47 heavy (non-hydrogen) atoms. The second-order valence-electron chi connectivity index (χ2n) is 15.1. The van der Waals surface area contributed by atoms with Crippen LogP contribution in [0, 0.1) is 53.3 Å². The van der Waals surface area contributed by atoms with Gasteiger partial charge in [-0.1, -0.05) is 157 Å². The maximum Gasteiger partial charge on any atom is -0.0623 e. The molecule has 7 atom stereocenters. The Morgan fingerprint density at radius 2 is 1.45 bits per heavy atom. The summed E-state index contributed by atoms with van der Waals surface area (Å²) in [6, 6.07) is 26.1. The Hall–Kier alpha value is -1.79. The fraction of sp³-hybridized carbons (Fsp3) is 0.432. The number of rotatable bonds is 1. The normalized spacial score (nSPS) is 29.8. The standard InChI is InChI=1S/C29H37.C12H11.C3H6.2ClH.Zr/c1-16-13-14-25-26-23-12-10-9-11-22(23)15-24(26)27-19(4)17(2)18(3)21(6)29(27,8)28(25,7)20(16)5;1-10-7-8-12(9-10)11-5-3-2-4-6-11;1-3-2;;;/h9-14,16-18,20-21H,15H2,1-8H3;2-9H,1H3;1-2H3;2*1H;/q2*-1;;;;+2/p-2. The Bertz CT molecular complexity index is 1650. The van der Waals surface area contributed by atoms with Crippen molar-refractivity contribution < 1.29 is 49.0 Å². The number of aryl methyl sites for hydroxylation is 1. The SMILES string of the molecule is C[C-]1C2=C3Cc4ccccc4C3=C3C=CC(C)C(C)C3(C)C2(C)C(C)C(C)C1C.C[C](C)=[Zr+2].Cc1cc(-c2ccccc2)c[cH-]1.[Cl-].[Cl-]. The summed E-state index contributed by atoms with van der Waals surface area (Å²) in [7, 11) is 0. The molecule has 0 aromatic heterocycles. The molecular weight excluding hydrogens is 691 g/mol. The number of hydrogen-bond donors (Lipinski definition) is 0. The molecule has 0 saturated heterocycles. The predicted octanol–water partition coefficient (Wildman–Crippen LogP) is 5.81. The quantitative estimate of drug-likeness (QED) is 0.276. The van der Waals surface area contributed by atoms with Gasteiger partial charge in [-0.3, -0.25) is 0 Å². The van der Waals surface area contributed by atoms with Gasteiger partial charge >= 0.3 is 41.3 Å². The molecule has 250 valence electrons. The van der Waals surface area contributed by atoms with Crippen LogP contribution in [0.5, 0.6) is 0 Å². The summed E-state index contributed by atoms with van der Waals surface area (Å²) >= 11 is 1.55. The molecule has 0 aliphatic heterocycles. The topological polar surface area (TPSA) is 0 Å². The first-order valence-corrected chi connectivity index (χ1v) is 18.4. The average molecular weight is 745 g/mol. The van der Waals surface area contributed by atoms with Gasteiger partial charge < -0.3 is 24.8 Å². The molecule has 0 nitrogen and oxygen atoms in total. The van der Waals surface area contributed by atoms with Crippen LogP contribution < -0.4 is 24.8 Å². The Balaban J connectivity index is 0.000000279. The van der Waals surface area contributed by atoms with Crippen LogP contribution in [0.3, 0.4) is 0 Å². The Morgan fingerprint density at radius 1 is 0.851 bits per heavy atom. The Morgan fingerprint density at radius 3 is 2.04 bits per heavy atom. The van der Waals surface area contributed by atoms with Gasteiger partial charge in [-0.2, -0.15) is 34.4 Å². The van der Waals surface area contributed by atoms with Gasteiger partial charge in [0.2, 0.25) is 0 Å². The summed E-state index contributed by atoms with van der Waals surface area (Å²) in [5.41, 5.74) is 13.9. The van der Waals surface area contributed by atoms with E-state index in [0.717, 1.165) is 6.42 Å². The average Bonchev–Trinajstić information content (AvgIpc) is 3.62. The van der Waals surface area contributed by atoms with Crippen LogP contribution >= 0.6 is 0 Å². The number of halogens is 2. The summed E-state index contributed by atoms with van der Waals surface area (Å²) in [6.07, 6.45) is 6.12. The molecule has 1 saturated carbocycles. The van der Waals surface area contributed by atoms with Crippen molar-refractivity contribution in [1.29, 1.82) is 0 Å². The third-order valence-electron chi connectivity index (χ3n) is 12.5. The smallest absolute Gasteiger partial charge is 0.0623 e. The van der Waals surface area contributed by atoms with Gasteiger partial charge in [0.1, 0.15) is 0 Å². The third kappa shape index (κ3) is 6.73. The molecule has 4 aliphatic carbocycles. The van der Waals surface area contributed by atoms with Gasteiger partial charge in [-0.15, -0.1) is 6.92 Å². The summed E-state index contributed by atoms with van der Waals surface area (Å²) in [6.45, 7) is 26.5. The van der Waals surface area contributed by atoms with Crippen LogP contribution in [0.1, 0.15) is 85.9 Å². The van der Waals surface area contributed by atoms with E-state index in [-0.39, 0.29) is 35.6 Å². The van der Waals surface area contributed by atoms with Crippen molar-refractivity contribution >= 4 is 8.78 Å². The van der Waals surface area contributed by atoms with E-state index < -0.39 is 0 Å². The molecule has 3 aromatic rings. The first-order valence-electron chi connectivity index (χ1n) is 17.1. The summed E-state index contributed by atoms with van der Waals surface area (Å²) in [5, 5.41) is 0. The summed E-state index contributed by atoms with van der Waals surface area (Å²) in [5.74, 6) is 4.93. The molecule has 0 spiro atoms. The van der Waals surface area contributed by atoms with Crippen molar-refractivity contribution in [1.82, 2.24) is 0 Å². The molecule has 0 radical (unpaired) electrons. The predicted molar refractivity (Wildman–Crippen MR) is 193 cm³/mol. The summed E-state index contributed by atoms with van der Waals surface area (Å²) in [4.78, 5) is 0. The maximum absolute atomic E-state index is 2.63. The van der Waals surface area contributed by atoms with Gasteiger partial charge in [0.25, 0.3) is 0 Å². The molecule has 0 bridgehead atoms.